The average molecular weight is 381 g/mol. The number of nitrogens with one attached hydrogen (secondary N) is 1. The van der Waals surface area contributed by atoms with Crippen molar-refractivity contribution in [2.45, 2.75) is 38.9 Å². The first-order chi connectivity index (χ1) is 13.6. The third-order valence-corrected chi connectivity index (χ3v) is 4.96. The number of carbonyl (C=O) groups is 2. The molecule has 2 aromatic carbocycles. The highest BCUT2D eigenvalue weighted by molar-refractivity contribution is 6.00. The van der Waals surface area contributed by atoms with Crippen LogP contribution in [-0.2, 0) is 17.9 Å². The third-order valence-electron chi connectivity index (χ3n) is 4.96. The number of para-hydroxylation sites is 1. The summed E-state index contributed by atoms with van der Waals surface area (Å²) in [6, 6.07) is 14.6. The lowest BCUT2D eigenvalue weighted by Crippen LogP contribution is -2.45. The van der Waals surface area contributed by atoms with E-state index in [0.29, 0.717) is 44.0 Å². The Balaban J connectivity index is 1.66. The largest absolute Gasteiger partial charge is 0.493 e. The van der Waals surface area contributed by atoms with Gasteiger partial charge in [-0.2, -0.15) is 0 Å². The van der Waals surface area contributed by atoms with Gasteiger partial charge in [0.25, 0.3) is 5.91 Å². The third kappa shape index (κ3) is 4.51. The second-order valence-corrected chi connectivity index (χ2v) is 6.82. The lowest BCUT2D eigenvalue weighted by molar-refractivity contribution is -0.125. The molecule has 6 nitrogen and oxygen atoms in total. The van der Waals surface area contributed by atoms with Crippen LogP contribution in [0, 0.1) is 0 Å². The predicted octanol–water partition coefficient (Wildman–Crippen LogP) is 2.46. The molecular weight excluding hydrogens is 354 g/mol. The number of carbonyl (C=O) groups excluding carboxylic acids is 2. The molecule has 1 heterocycles. The van der Waals surface area contributed by atoms with E-state index in [1.807, 2.05) is 43.3 Å². The summed E-state index contributed by atoms with van der Waals surface area (Å²) in [6.45, 7) is 3.86. The van der Waals surface area contributed by atoms with Crippen molar-refractivity contribution in [2.75, 3.05) is 13.2 Å². The molecule has 0 bridgehead atoms. The molecule has 148 valence electrons. The summed E-state index contributed by atoms with van der Waals surface area (Å²) in [5.74, 6) is 0.276. The lowest BCUT2D eigenvalue weighted by atomic mass is 10.1. The number of nitrogens with two attached hydrogens (primary N) is 1. The minimum atomic E-state index is -0.453. The zero-order chi connectivity index (χ0) is 19.9. The second-order valence-electron chi connectivity index (χ2n) is 6.82. The molecule has 0 aromatic heterocycles. The van der Waals surface area contributed by atoms with Crippen LogP contribution in [0.2, 0.25) is 0 Å². The highest BCUT2D eigenvalue weighted by atomic mass is 16.5. The first-order valence-electron chi connectivity index (χ1n) is 9.72. The van der Waals surface area contributed by atoms with Crippen LogP contribution >= 0.6 is 0 Å². The molecule has 1 fully saturated rings. The van der Waals surface area contributed by atoms with Crippen molar-refractivity contribution in [2.24, 2.45) is 5.73 Å². The molecule has 3 rings (SSSR count). The number of ether oxygens (including phenoxy) is 1. The van der Waals surface area contributed by atoms with Crippen LogP contribution in [0.5, 0.6) is 5.75 Å². The van der Waals surface area contributed by atoms with Crippen molar-refractivity contribution in [3.63, 3.8) is 0 Å². The van der Waals surface area contributed by atoms with E-state index in [1.54, 1.807) is 17.0 Å². The van der Waals surface area contributed by atoms with Crippen LogP contribution in [0.25, 0.3) is 0 Å². The Morgan fingerprint density at radius 3 is 2.57 bits per heavy atom. The van der Waals surface area contributed by atoms with E-state index in [9.17, 15) is 9.59 Å². The smallest absolute Gasteiger partial charge is 0.258 e. The topological polar surface area (TPSA) is 84.7 Å². The molecule has 0 saturated carbocycles. The monoisotopic (exact) mass is 381 g/mol. The zero-order valence-electron chi connectivity index (χ0n) is 16.2. The summed E-state index contributed by atoms with van der Waals surface area (Å²) < 4.78 is 5.58. The minimum absolute atomic E-state index is 0.123. The highest BCUT2D eigenvalue weighted by Gasteiger charge is 2.35. The standard InChI is InChI=1S/C22H27N3O3/c1-2-28-20-8-4-3-6-18(20)22(27)25-13-5-7-19(25)21(26)24-15-17-11-9-16(14-23)10-12-17/h3-4,6,8-12,19H,2,5,7,13-15,23H2,1H3,(H,24,26). The van der Waals surface area contributed by atoms with E-state index < -0.39 is 6.04 Å². The van der Waals surface area contributed by atoms with Crippen molar-refractivity contribution in [1.29, 1.82) is 0 Å². The van der Waals surface area contributed by atoms with Crippen molar-refractivity contribution >= 4 is 11.8 Å². The van der Waals surface area contributed by atoms with Gasteiger partial charge in [-0.05, 0) is 43.0 Å². The maximum Gasteiger partial charge on any atom is 0.258 e. The summed E-state index contributed by atoms with van der Waals surface area (Å²) >= 11 is 0. The summed E-state index contributed by atoms with van der Waals surface area (Å²) in [5, 5.41) is 2.96. The van der Waals surface area contributed by atoms with Gasteiger partial charge in [0.2, 0.25) is 5.91 Å². The fraction of sp³-hybridized carbons (Fsp3) is 0.364. The molecule has 0 spiro atoms. The predicted molar refractivity (Wildman–Crippen MR) is 108 cm³/mol. The molecule has 1 saturated heterocycles. The molecule has 1 unspecified atom stereocenters. The van der Waals surface area contributed by atoms with Crippen LogP contribution in [0.3, 0.4) is 0 Å². The van der Waals surface area contributed by atoms with E-state index in [-0.39, 0.29) is 11.8 Å². The number of hydrogen-bond acceptors (Lipinski definition) is 4. The van der Waals surface area contributed by atoms with E-state index >= 15 is 0 Å². The van der Waals surface area contributed by atoms with Crippen molar-refractivity contribution in [3.05, 3.63) is 65.2 Å². The van der Waals surface area contributed by atoms with Gasteiger partial charge >= 0.3 is 0 Å². The first kappa shape index (κ1) is 19.9. The number of rotatable bonds is 7. The molecule has 3 N–H and O–H groups in total. The number of nitrogens with zero attached hydrogens (tertiary/aromatic N) is 1. The van der Waals surface area contributed by atoms with Gasteiger partial charge in [0, 0.05) is 19.6 Å². The van der Waals surface area contributed by atoms with Crippen LogP contribution in [0.1, 0.15) is 41.3 Å². The maximum absolute atomic E-state index is 13.1. The fourth-order valence-corrected chi connectivity index (χ4v) is 3.46. The summed E-state index contributed by atoms with van der Waals surface area (Å²) in [6.07, 6.45) is 1.48. The molecule has 28 heavy (non-hydrogen) atoms. The molecule has 1 aliphatic rings. The Kier molecular flexibility index (Phi) is 6.66. The van der Waals surface area contributed by atoms with Crippen LogP contribution in [0.4, 0.5) is 0 Å². The highest BCUT2D eigenvalue weighted by Crippen LogP contribution is 2.25. The number of hydrogen-bond donors (Lipinski definition) is 2. The SMILES string of the molecule is CCOc1ccccc1C(=O)N1CCCC1C(=O)NCc1ccc(CN)cc1. The summed E-state index contributed by atoms with van der Waals surface area (Å²) in [5.41, 5.74) is 8.17. The Hall–Kier alpha value is -2.86. The normalized spacial score (nSPS) is 16.1. The van der Waals surface area contributed by atoms with Gasteiger partial charge in [0.05, 0.1) is 12.2 Å². The fourth-order valence-electron chi connectivity index (χ4n) is 3.46. The molecule has 1 atom stereocenters. The van der Waals surface area contributed by atoms with E-state index in [0.717, 1.165) is 17.5 Å². The molecule has 2 aromatic rings. The summed E-state index contributed by atoms with van der Waals surface area (Å²) in [7, 11) is 0. The summed E-state index contributed by atoms with van der Waals surface area (Å²) in [4.78, 5) is 27.5. The molecule has 1 aliphatic heterocycles. The van der Waals surface area contributed by atoms with Gasteiger partial charge < -0.3 is 20.7 Å². The number of amides is 2. The van der Waals surface area contributed by atoms with Gasteiger partial charge in [-0.15, -0.1) is 0 Å². The van der Waals surface area contributed by atoms with Gasteiger partial charge in [-0.3, -0.25) is 9.59 Å². The molecule has 0 aliphatic carbocycles. The molecular formula is C22H27N3O3. The first-order valence-corrected chi connectivity index (χ1v) is 9.72. The number of benzene rings is 2. The van der Waals surface area contributed by atoms with Crippen molar-refractivity contribution in [3.8, 4) is 5.75 Å². The van der Waals surface area contributed by atoms with E-state index in [4.69, 9.17) is 10.5 Å². The zero-order valence-corrected chi connectivity index (χ0v) is 16.2. The molecule has 2 amide bonds. The maximum atomic E-state index is 13.1. The average Bonchev–Trinajstić information content (AvgIpc) is 3.22. The second kappa shape index (κ2) is 9.37. The Labute approximate surface area is 165 Å². The van der Waals surface area contributed by atoms with Gasteiger partial charge in [0.1, 0.15) is 11.8 Å². The molecule has 6 heteroatoms. The van der Waals surface area contributed by atoms with Gasteiger partial charge in [-0.1, -0.05) is 36.4 Å². The van der Waals surface area contributed by atoms with Gasteiger partial charge in [-0.25, -0.2) is 0 Å². The van der Waals surface area contributed by atoms with E-state index in [2.05, 4.69) is 5.32 Å². The minimum Gasteiger partial charge on any atom is -0.493 e. The Morgan fingerprint density at radius 1 is 1.14 bits per heavy atom. The van der Waals surface area contributed by atoms with Crippen LogP contribution < -0.4 is 15.8 Å². The van der Waals surface area contributed by atoms with E-state index in [1.165, 1.54) is 0 Å². The van der Waals surface area contributed by atoms with Crippen LogP contribution in [0.15, 0.2) is 48.5 Å². The Morgan fingerprint density at radius 2 is 1.86 bits per heavy atom. The number of likely N-dealkylation sites (tertiary alicyclic amines) is 1. The van der Waals surface area contributed by atoms with Crippen LogP contribution in [-0.4, -0.2) is 35.9 Å². The van der Waals surface area contributed by atoms with Crippen molar-refractivity contribution < 1.29 is 14.3 Å². The van der Waals surface area contributed by atoms with Gasteiger partial charge in [0.15, 0.2) is 0 Å². The molecule has 0 radical (unpaired) electrons. The quantitative estimate of drug-likeness (QED) is 0.772. The Bertz CT molecular complexity index is 820. The lowest BCUT2D eigenvalue weighted by Gasteiger charge is -2.25. The van der Waals surface area contributed by atoms with Crippen molar-refractivity contribution in [1.82, 2.24) is 10.2 Å².